The molecule has 1 aliphatic rings. The van der Waals surface area contributed by atoms with Crippen molar-refractivity contribution in [3.63, 3.8) is 0 Å². The third-order valence-corrected chi connectivity index (χ3v) is 5.06. The van der Waals surface area contributed by atoms with Crippen LogP contribution < -0.4 is 15.8 Å². The zero-order valence-corrected chi connectivity index (χ0v) is 15.1. The fraction of sp³-hybridized carbons (Fsp3) is 0.278. The number of para-hydroxylation sites is 1. The second kappa shape index (κ2) is 7.17. The highest BCUT2D eigenvalue weighted by Gasteiger charge is 2.30. The van der Waals surface area contributed by atoms with Crippen molar-refractivity contribution in [1.29, 1.82) is 0 Å². The van der Waals surface area contributed by atoms with Crippen LogP contribution in [0.15, 0.2) is 30.3 Å². The number of urea groups is 1. The van der Waals surface area contributed by atoms with E-state index in [1.165, 1.54) is 11.3 Å². The van der Waals surface area contributed by atoms with Gasteiger partial charge in [0.15, 0.2) is 6.10 Å². The summed E-state index contributed by atoms with van der Waals surface area (Å²) in [5.74, 6) is -0.921. The number of fused-ring (bicyclic) bond motifs is 3. The van der Waals surface area contributed by atoms with Gasteiger partial charge in [-0.15, -0.1) is 11.3 Å². The van der Waals surface area contributed by atoms with Crippen molar-refractivity contribution in [2.45, 2.75) is 26.6 Å². The summed E-state index contributed by atoms with van der Waals surface area (Å²) in [4.78, 5) is 36.7. The number of nitrogens with two attached hydrogens (primary N) is 1. The number of primary amides is 1. The number of esters is 1. The molecule has 1 atom stereocenters. The monoisotopic (exact) mass is 374 g/mol. The van der Waals surface area contributed by atoms with Gasteiger partial charge in [0.1, 0.15) is 17.2 Å². The van der Waals surface area contributed by atoms with Crippen molar-refractivity contribution in [3.8, 4) is 16.2 Å². The van der Waals surface area contributed by atoms with Gasteiger partial charge >= 0.3 is 12.0 Å². The molecule has 7 nitrogen and oxygen atoms in total. The summed E-state index contributed by atoms with van der Waals surface area (Å²) in [5.41, 5.74) is 6.77. The molecule has 0 saturated carbocycles. The Morgan fingerprint density at radius 1 is 1.27 bits per heavy atom. The third kappa shape index (κ3) is 3.55. The van der Waals surface area contributed by atoms with E-state index < -0.39 is 24.0 Å². The molecule has 3 amide bonds. The number of benzene rings is 1. The zero-order chi connectivity index (χ0) is 18.8. The fourth-order valence-corrected chi connectivity index (χ4v) is 3.74. The van der Waals surface area contributed by atoms with Gasteiger partial charge in [-0.05, 0) is 24.1 Å². The second-order valence-corrected chi connectivity index (χ2v) is 7.23. The van der Waals surface area contributed by atoms with Crippen LogP contribution in [-0.4, -0.2) is 24.0 Å². The number of imide groups is 1. The third-order valence-electron chi connectivity index (χ3n) is 3.87. The van der Waals surface area contributed by atoms with Crippen molar-refractivity contribution in [2.24, 2.45) is 11.7 Å². The number of hydrogen-bond donors (Lipinski definition) is 2. The summed E-state index contributed by atoms with van der Waals surface area (Å²) in [6.07, 6.45) is -1.11. The van der Waals surface area contributed by atoms with Gasteiger partial charge in [0.05, 0.1) is 0 Å². The van der Waals surface area contributed by atoms with Crippen LogP contribution in [0.2, 0.25) is 0 Å². The number of amides is 3. The Bertz CT molecular complexity index is 874. The van der Waals surface area contributed by atoms with Gasteiger partial charge in [0.25, 0.3) is 5.91 Å². The van der Waals surface area contributed by atoms with Gasteiger partial charge in [-0.1, -0.05) is 26.0 Å². The van der Waals surface area contributed by atoms with E-state index in [2.05, 4.69) is 0 Å². The molecule has 8 heteroatoms. The predicted molar refractivity (Wildman–Crippen MR) is 95.9 cm³/mol. The van der Waals surface area contributed by atoms with Crippen LogP contribution in [0.4, 0.5) is 4.79 Å². The number of thiophene rings is 1. The number of rotatable bonds is 4. The van der Waals surface area contributed by atoms with E-state index in [1.807, 2.05) is 29.6 Å². The van der Waals surface area contributed by atoms with Crippen molar-refractivity contribution in [1.82, 2.24) is 5.32 Å². The molecule has 0 bridgehead atoms. The molecule has 0 fully saturated rings. The minimum absolute atomic E-state index is 0.322. The van der Waals surface area contributed by atoms with Crippen LogP contribution in [0, 0.1) is 5.92 Å². The SMILES string of the molecule is CC(C)[C@H](OC(=O)c1cc2c(s1)-c1ccccc1OC2)C(=O)NC(N)=O. The van der Waals surface area contributed by atoms with E-state index in [4.69, 9.17) is 15.2 Å². The average molecular weight is 374 g/mol. The first-order chi connectivity index (χ1) is 12.4. The number of nitrogens with one attached hydrogen (secondary N) is 1. The van der Waals surface area contributed by atoms with Crippen molar-refractivity contribution >= 4 is 29.2 Å². The normalized spacial score (nSPS) is 13.2. The highest BCUT2D eigenvalue weighted by molar-refractivity contribution is 7.17. The van der Waals surface area contributed by atoms with Crippen molar-refractivity contribution in [3.05, 3.63) is 40.8 Å². The molecule has 1 aliphatic heterocycles. The smallest absolute Gasteiger partial charge is 0.349 e. The van der Waals surface area contributed by atoms with Crippen LogP contribution in [0.1, 0.15) is 29.1 Å². The highest BCUT2D eigenvalue weighted by Crippen LogP contribution is 2.42. The van der Waals surface area contributed by atoms with E-state index in [1.54, 1.807) is 19.9 Å². The van der Waals surface area contributed by atoms with Gasteiger partial charge < -0.3 is 15.2 Å². The molecule has 0 saturated heterocycles. The van der Waals surface area contributed by atoms with Gasteiger partial charge in [-0.25, -0.2) is 9.59 Å². The summed E-state index contributed by atoms with van der Waals surface area (Å²) in [5, 5.41) is 1.95. The first kappa shape index (κ1) is 17.9. The minimum Gasteiger partial charge on any atom is -0.488 e. The molecule has 136 valence electrons. The van der Waals surface area contributed by atoms with E-state index in [0.29, 0.717) is 11.5 Å². The molecule has 2 heterocycles. The lowest BCUT2D eigenvalue weighted by Crippen LogP contribution is -2.45. The lowest BCUT2D eigenvalue weighted by atomic mass is 10.1. The summed E-state index contributed by atoms with van der Waals surface area (Å²) < 4.78 is 11.0. The maximum absolute atomic E-state index is 12.5. The van der Waals surface area contributed by atoms with E-state index >= 15 is 0 Å². The highest BCUT2D eigenvalue weighted by atomic mass is 32.1. The lowest BCUT2D eigenvalue weighted by molar-refractivity contribution is -0.130. The number of carbonyl (C=O) groups excluding carboxylic acids is 3. The van der Waals surface area contributed by atoms with Crippen LogP contribution in [-0.2, 0) is 16.1 Å². The second-order valence-electron chi connectivity index (χ2n) is 6.17. The van der Waals surface area contributed by atoms with Gasteiger partial charge in [0.2, 0.25) is 0 Å². The molecule has 2 aromatic rings. The molecule has 1 aromatic heterocycles. The summed E-state index contributed by atoms with van der Waals surface area (Å²) in [6, 6.07) is 8.31. The van der Waals surface area contributed by atoms with Crippen LogP contribution in [0.3, 0.4) is 0 Å². The summed E-state index contributed by atoms with van der Waals surface area (Å²) in [6.45, 7) is 3.79. The largest absolute Gasteiger partial charge is 0.488 e. The summed E-state index contributed by atoms with van der Waals surface area (Å²) >= 11 is 1.29. The van der Waals surface area contributed by atoms with E-state index in [9.17, 15) is 14.4 Å². The van der Waals surface area contributed by atoms with Crippen molar-refractivity contribution < 1.29 is 23.9 Å². The lowest BCUT2D eigenvalue weighted by Gasteiger charge is -2.19. The van der Waals surface area contributed by atoms with E-state index in [0.717, 1.165) is 21.8 Å². The first-order valence-corrected chi connectivity index (χ1v) is 8.84. The van der Waals surface area contributed by atoms with Gasteiger partial charge in [-0.2, -0.15) is 0 Å². The molecule has 0 spiro atoms. The Balaban J connectivity index is 1.82. The molecule has 0 radical (unpaired) electrons. The Hall–Kier alpha value is -2.87. The van der Waals surface area contributed by atoms with Crippen LogP contribution >= 0.6 is 11.3 Å². The Morgan fingerprint density at radius 2 is 2.00 bits per heavy atom. The van der Waals surface area contributed by atoms with Gasteiger partial charge in [0, 0.05) is 16.0 Å². The average Bonchev–Trinajstić information content (AvgIpc) is 3.03. The quantitative estimate of drug-likeness (QED) is 0.800. The maximum Gasteiger partial charge on any atom is 0.349 e. The molecule has 3 N–H and O–H groups in total. The Morgan fingerprint density at radius 3 is 2.69 bits per heavy atom. The molecular weight excluding hydrogens is 356 g/mol. The number of hydrogen-bond acceptors (Lipinski definition) is 6. The Labute approximate surface area is 154 Å². The van der Waals surface area contributed by atoms with Gasteiger partial charge in [-0.3, -0.25) is 10.1 Å². The molecule has 3 rings (SSSR count). The summed E-state index contributed by atoms with van der Waals surface area (Å²) in [7, 11) is 0. The van der Waals surface area contributed by atoms with Crippen LogP contribution in [0.25, 0.3) is 10.4 Å². The zero-order valence-electron chi connectivity index (χ0n) is 14.3. The van der Waals surface area contributed by atoms with E-state index in [-0.39, 0.29) is 5.92 Å². The number of ether oxygens (including phenoxy) is 2. The molecule has 0 unspecified atom stereocenters. The molecular formula is C18H18N2O5S. The molecule has 26 heavy (non-hydrogen) atoms. The van der Waals surface area contributed by atoms with Crippen LogP contribution in [0.5, 0.6) is 5.75 Å². The van der Waals surface area contributed by atoms with Crippen molar-refractivity contribution in [2.75, 3.05) is 0 Å². The molecule has 0 aliphatic carbocycles. The fourth-order valence-electron chi connectivity index (χ4n) is 2.66. The standard InChI is InChI=1S/C18H18N2O5S/c1-9(2)14(16(21)20-18(19)23)25-17(22)13-7-10-8-24-12-6-4-3-5-11(12)15(10)26-13/h3-7,9,14H,8H2,1-2H3,(H3,19,20,21,23)/t14-/m0/s1. The maximum atomic E-state index is 12.5. The minimum atomic E-state index is -1.11. The molecule has 1 aromatic carbocycles. The Kier molecular flexibility index (Phi) is 4.94. The first-order valence-electron chi connectivity index (χ1n) is 8.03. The predicted octanol–water partition coefficient (Wildman–Crippen LogP) is 2.68. The topological polar surface area (TPSA) is 108 Å². The number of carbonyl (C=O) groups is 3.